The van der Waals surface area contributed by atoms with Crippen molar-refractivity contribution in [3.05, 3.63) is 77.4 Å². The maximum atomic E-state index is 12.9. The zero-order valence-corrected chi connectivity index (χ0v) is 14.9. The minimum absolute atomic E-state index is 0.0238. The summed E-state index contributed by atoms with van der Waals surface area (Å²) >= 11 is 0. The van der Waals surface area contributed by atoms with E-state index in [1.54, 1.807) is 7.11 Å². The summed E-state index contributed by atoms with van der Waals surface area (Å²) in [6, 6.07) is 20.0. The van der Waals surface area contributed by atoms with Crippen LogP contribution in [-0.2, 0) is 0 Å². The maximum absolute atomic E-state index is 12.9. The average Bonchev–Trinajstić information content (AvgIpc) is 2.65. The fraction of sp³-hybridized carbons (Fsp3) is 0.227. The molecule has 0 aliphatic heterocycles. The van der Waals surface area contributed by atoms with Crippen molar-refractivity contribution >= 4 is 16.7 Å². The van der Waals surface area contributed by atoms with E-state index in [9.17, 15) is 4.79 Å². The Labute approximate surface area is 148 Å². The molecule has 0 saturated carbocycles. The highest BCUT2D eigenvalue weighted by atomic mass is 16.5. The number of carbonyl (C=O) groups is 1. The number of rotatable bonds is 5. The van der Waals surface area contributed by atoms with E-state index in [2.05, 4.69) is 43.4 Å². The first-order valence-electron chi connectivity index (χ1n) is 8.56. The van der Waals surface area contributed by atoms with Crippen molar-refractivity contribution in [1.82, 2.24) is 5.32 Å². The summed E-state index contributed by atoms with van der Waals surface area (Å²) in [5.41, 5.74) is 2.88. The zero-order chi connectivity index (χ0) is 17.8. The number of benzene rings is 3. The van der Waals surface area contributed by atoms with E-state index in [-0.39, 0.29) is 11.9 Å². The van der Waals surface area contributed by atoms with Gasteiger partial charge < -0.3 is 10.1 Å². The highest BCUT2D eigenvalue weighted by molar-refractivity contribution is 6.01. The molecule has 1 unspecified atom stereocenters. The molecule has 3 aromatic carbocycles. The van der Waals surface area contributed by atoms with Gasteiger partial charge in [-0.1, -0.05) is 61.0 Å². The molecule has 0 aromatic heterocycles. The summed E-state index contributed by atoms with van der Waals surface area (Å²) in [5, 5.41) is 5.22. The van der Waals surface area contributed by atoms with Crippen molar-refractivity contribution in [2.75, 3.05) is 7.11 Å². The van der Waals surface area contributed by atoms with Gasteiger partial charge in [0.25, 0.3) is 5.91 Å². The van der Waals surface area contributed by atoms with Gasteiger partial charge in [-0.05, 0) is 41.8 Å². The molecule has 1 amide bonds. The lowest BCUT2D eigenvalue weighted by Crippen LogP contribution is -2.28. The van der Waals surface area contributed by atoms with E-state index in [4.69, 9.17) is 4.74 Å². The summed E-state index contributed by atoms with van der Waals surface area (Å²) in [7, 11) is 1.60. The predicted molar refractivity (Wildman–Crippen MR) is 102 cm³/mol. The molecule has 1 atom stereocenters. The second-order valence-corrected chi connectivity index (χ2v) is 6.24. The van der Waals surface area contributed by atoms with Crippen LogP contribution in [0, 0.1) is 6.92 Å². The van der Waals surface area contributed by atoms with Crippen LogP contribution < -0.4 is 10.1 Å². The molecule has 25 heavy (non-hydrogen) atoms. The van der Waals surface area contributed by atoms with Crippen LogP contribution in [0.5, 0.6) is 5.75 Å². The van der Waals surface area contributed by atoms with Crippen molar-refractivity contribution in [3.63, 3.8) is 0 Å². The van der Waals surface area contributed by atoms with Crippen molar-refractivity contribution in [3.8, 4) is 5.75 Å². The van der Waals surface area contributed by atoms with E-state index >= 15 is 0 Å². The van der Waals surface area contributed by atoms with E-state index in [0.29, 0.717) is 11.3 Å². The van der Waals surface area contributed by atoms with E-state index in [1.165, 1.54) is 5.56 Å². The largest absolute Gasteiger partial charge is 0.496 e. The van der Waals surface area contributed by atoms with Gasteiger partial charge in [-0.15, -0.1) is 0 Å². The van der Waals surface area contributed by atoms with E-state index in [1.807, 2.05) is 36.4 Å². The molecule has 1 N–H and O–H groups in total. The number of hydrogen-bond donors (Lipinski definition) is 1. The number of carbonyl (C=O) groups excluding carboxylic acids is 1. The highest BCUT2D eigenvalue weighted by Crippen LogP contribution is 2.27. The molecule has 0 fully saturated rings. The third-order valence-corrected chi connectivity index (χ3v) is 4.51. The number of aryl methyl sites for hydroxylation is 1. The third kappa shape index (κ3) is 3.66. The Balaban J connectivity index is 1.91. The molecule has 0 saturated heterocycles. The molecule has 128 valence electrons. The highest BCUT2D eigenvalue weighted by Gasteiger charge is 2.18. The Kier molecular flexibility index (Phi) is 5.03. The van der Waals surface area contributed by atoms with Crippen LogP contribution >= 0.6 is 0 Å². The molecule has 0 aliphatic rings. The zero-order valence-electron chi connectivity index (χ0n) is 14.9. The van der Waals surface area contributed by atoms with Crippen LogP contribution in [0.2, 0.25) is 0 Å². The van der Waals surface area contributed by atoms with Gasteiger partial charge in [0.15, 0.2) is 0 Å². The van der Waals surface area contributed by atoms with Crippen LogP contribution in [0.3, 0.4) is 0 Å². The van der Waals surface area contributed by atoms with Gasteiger partial charge >= 0.3 is 0 Å². The van der Waals surface area contributed by atoms with Gasteiger partial charge in [-0.3, -0.25) is 4.79 Å². The second kappa shape index (κ2) is 7.39. The Morgan fingerprint density at radius 3 is 2.28 bits per heavy atom. The third-order valence-electron chi connectivity index (χ3n) is 4.51. The fourth-order valence-electron chi connectivity index (χ4n) is 3.02. The topological polar surface area (TPSA) is 38.3 Å². The predicted octanol–water partition coefficient (Wildman–Crippen LogP) is 5.04. The maximum Gasteiger partial charge on any atom is 0.255 e. The molecular weight excluding hydrogens is 310 g/mol. The van der Waals surface area contributed by atoms with Gasteiger partial charge in [0.1, 0.15) is 5.75 Å². The molecule has 3 aromatic rings. The first kappa shape index (κ1) is 17.0. The van der Waals surface area contributed by atoms with Crippen LogP contribution in [0.15, 0.2) is 60.7 Å². The van der Waals surface area contributed by atoms with Crippen molar-refractivity contribution in [1.29, 1.82) is 0 Å². The number of methoxy groups -OCH3 is 1. The molecule has 3 heteroatoms. The van der Waals surface area contributed by atoms with Crippen LogP contribution in [0.4, 0.5) is 0 Å². The molecule has 0 bridgehead atoms. The molecule has 0 radical (unpaired) electrons. The normalized spacial score (nSPS) is 12.0. The minimum atomic E-state index is -0.116. The van der Waals surface area contributed by atoms with Crippen molar-refractivity contribution in [2.45, 2.75) is 26.3 Å². The monoisotopic (exact) mass is 333 g/mol. The van der Waals surface area contributed by atoms with Crippen molar-refractivity contribution < 1.29 is 9.53 Å². The molecule has 3 nitrogen and oxygen atoms in total. The number of hydrogen-bond acceptors (Lipinski definition) is 2. The number of nitrogens with one attached hydrogen (secondary N) is 1. The Morgan fingerprint density at radius 1 is 1.04 bits per heavy atom. The molecular formula is C22H23NO2. The van der Waals surface area contributed by atoms with Gasteiger partial charge in [0.2, 0.25) is 0 Å². The van der Waals surface area contributed by atoms with E-state index < -0.39 is 0 Å². The molecule has 0 spiro atoms. The average molecular weight is 333 g/mol. The van der Waals surface area contributed by atoms with Gasteiger partial charge in [0, 0.05) is 0 Å². The molecule has 0 aliphatic carbocycles. The minimum Gasteiger partial charge on any atom is -0.496 e. The first-order valence-corrected chi connectivity index (χ1v) is 8.56. The lowest BCUT2D eigenvalue weighted by molar-refractivity contribution is 0.0932. The SMILES string of the molecule is CCC(NC(=O)c1cc2ccccc2cc1OC)c1ccc(C)cc1. The van der Waals surface area contributed by atoms with Crippen molar-refractivity contribution in [2.24, 2.45) is 0 Å². The molecule has 3 rings (SSSR count). The standard InChI is InChI=1S/C22H23NO2/c1-4-20(16-11-9-15(2)10-12-16)23-22(24)19-13-17-7-5-6-8-18(17)14-21(19)25-3/h5-14,20H,4H2,1-3H3,(H,23,24). The van der Waals surface area contributed by atoms with Crippen LogP contribution in [-0.4, -0.2) is 13.0 Å². The van der Waals surface area contributed by atoms with Crippen LogP contribution in [0.1, 0.15) is 40.9 Å². The summed E-state index contributed by atoms with van der Waals surface area (Å²) in [6.07, 6.45) is 0.824. The van der Waals surface area contributed by atoms with Crippen LogP contribution in [0.25, 0.3) is 10.8 Å². The first-order chi connectivity index (χ1) is 12.1. The Morgan fingerprint density at radius 2 is 1.68 bits per heavy atom. The quantitative estimate of drug-likeness (QED) is 0.710. The lowest BCUT2D eigenvalue weighted by Gasteiger charge is -2.19. The summed E-state index contributed by atoms with van der Waals surface area (Å²) < 4.78 is 5.45. The smallest absolute Gasteiger partial charge is 0.255 e. The summed E-state index contributed by atoms with van der Waals surface area (Å²) in [6.45, 7) is 4.13. The van der Waals surface area contributed by atoms with E-state index in [0.717, 1.165) is 22.8 Å². The van der Waals surface area contributed by atoms with Gasteiger partial charge in [-0.2, -0.15) is 0 Å². The number of fused-ring (bicyclic) bond motifs is 1. The molecule has 0 heterocycles. The Hall–Kier alpha value is -2.81. The number of ether oxygens (including phenoxy) is 1. The second-order valence-electron chi connectivity index (χ2n) is 6.24. The number of amides is 1. The lowest BCUT2D eigenvalue weighted by atomic mass is 10.0. The fourth-order valence-corrected chi connectivity index (χ4v) is 3.02. The Bertz CT molecular complexity index is 884. The van der Waals surface area contributed by atoms with Gasteiger partial charge in [-0.25, -0.2) is 0 Å². The summed E-state index contributed by atoms with van der Waals surface area (Å²) in [5.74, 6) is 0.477. The van der Waals surface area contributed by atoms with Gasteiger partial charge in [0.05, 0.1) is 18.7 Å². The summed E-state index contributed by atoms with van der Waals surface area (Å²) in [4.78, 5) is 12.9.